The SMILES string of the molecule is [CH2][C@H](CN)ON. The van der Waals surface area contributed by atoms with E-state index in [1.165, 1.54) is 0 Å². The van der Waals surface area contributed by atoms with Crippen LogP contribution in [0.2, 0.25) is 0 Å². The Kier molecular flexibility index (Phi) is 3.02. The Balaban J connectivity index is 2.75. The first-order valence-corrected chi connectivity index (χ1v) is 1.70. The molecule has 0 aliphatic carbocycles. The molecule has 3 heteroatoms. The van der Waals surface area contributed by atoms with Gasteiger partial charge >= 0.3 is 0 Å². The molecule has 1 atom stereocenters. The second-order valence-electron chi connectivity index (χ2n) is 0.994. The zero-order chi connectivity index (χ0) is 4.99. The van der Waals surface area contributed by atoms with Crippen molar-refractivity contribution in [3.05, 3.63) is 6.92 Å². The van der Waals surface area contributed by atoms with Gasteiger partial charge in [0.1, 0.15) is 0 Å². The molecule has 0 unspecified atom stereocenters. The van der Waals surface area contributed by atoms with Crippen molar-refractivity contribution in [2.75, 3.05) is 6.54 Å². The van der Waals surface area contributed by atoms with Crippen molar-refractivity contribution in [2.24, 2.45) is 11.6 Å². The van der Waals surface area contributed by atoms with Crippen molar-refractivity contribution < 1.29 is 4.84 Å². The molecule has 0 spiro atoms. The smallest absolute Gasteiger partial charge is 0.0910 e. The van der Waals surface area contributed by atoms with Gasteiger partial charge in [0.25, 0.3) is 0 Å². The summed E-state index contributed by atoms with van der Waals surface area (Å²) in [6, 6.07) is 0. The second kappa shape index (κ2) is 3.08. The zero-order valence-electron chi connectivity index (χ0n) is 3.55. The molecule has 3 nitrogen and oxygen atoms in total. The second-order valence-corrected chi connectivity index (χ2v) is 0.994. The van der Waals surface area contributed by atoms with Crippen LogP contribution in [0.4, 0.5) is 0 Å². The van der Waals surface area contributed by atoms with Crippen LogP contribution in [0.5, 0.6) is 0 Å². The molecule has 0 aliphatic rings. The Morgan fingerprint density at radius 1 is 1.83 bits per heavy atom. The first-order chi connectivity index (χ1) is 2.81. The molecule has 0 bridgehead atoms. The van der Waals surface area contributed by atoms with E-state index in [1.54, 1.807) is 0 Å². The quantitative estimate of drug-likeness (QED) is 0.428. The Bertz CT molecular complexity index is 28.0. The Morgan fingerprint density at radius 2 is 2.33 bits per heavy atom. The van der Waals surface area contributed by atoms with Gasteiger partial charge in [-0.2, -0.15) is 0 Å². The predicted molar refractivity (Wildman–Crippen MR) is 23.5 cm³/mol. The largest absolute Gasteiger partial charge is 0.328 e. The van der Waals surface area contributed by atoms with E-state index in [2.05, 4.69) is 17.7 Å². The van der Waals surface area contributed by atoms with E-state index < -0.39 is 0 Å². The number of rotatable bonds is 2. The fourth-order valence-corrected chi connectivity index (χ4v) is 0.0556. The van der Waals surface area contributed by atoms with Gasteiger partial charge in [0.05, 0.1) is 6.10 Å². The molecule has 0 aliphatic heterocycles. The van der Waals surface area contributed by atoms with Crippen molar-refractivity contribution in [2.45, 2.75) is 6.10 Å². The molecule has 0 amide bonds. The minimum Gasteiger partial charge on any atom is -0.328 e. The van der Waals surface area contributed by atoms with Crippen LogP contribution in [0.1, 0.15) is 0 Å². The lowest BCUT2D eigenvalue weighted by atomic mass is 10.4. The summed E-state index contributed by atoms with van der Waals surface area (Å²) in [6.45, 7) is 3.77. The number of hydrogen-bond donors (Lipinski definition) is 2. The van der Waals surface area contributed by atoms with E-state index in [0.29, 0.717) is 6.54 Å². The average Bonchev–Trinajstić information content (AvgIpc) is 1.65. The lowest BCUT2D eigenvalue weighted by molar-refractivity contribution is 0.0905. The highest BCUT2D eigenvalue weighted by atomic mass is 16.6. The van der Waals surface area contributed by atoms with Crippen LogP contribution in [0.15, 0.2) is 0 Å². The third-order valence-corrected chi connectivity index (χ3v) is 0.455. The Hall–Kier alpha value is -0.120. The zero-order valence-corrected chi connectivity index (χ0v) is 3.55. The van der Waals surface area contributed by atoms with Gasteiger partial charge in [-0.25, -0.2) is 5.90 Å². The average molecular weight is 89.1 g/mol. The van der Waals surface area contributed by atoms with Gasteiger partial charge in [-0.05, 0) is 6.92 Å². The van der Waals surface area contributed by atoms with Crippen LogP contribution in [0.3, 0.4) is 0 Å². The van der Waals surface area contributed by atoms with Crippen molar-refractivity contribution in [1.29, 1.82) is 0 Å². The molecule has 6 heavy (non-hydrogen) atoms. The Labute approximate surface area is 37.2 Å². The number of hydrogen-bond acceptors (Lipinski definition) is 3. The fourth-order valence-electron chi connectivity index (χ4n) is 0.0556. The minimum absolute atomic E-state index is 0.259. The first kappa shape index (κ1) is 5.88. The van der Waals surface area contributed by atoms with Gasteiger partial charge < -0.3 is 5.73 Å². The highest BCUT2D eigenvalue weighted by molar-refractivity contribution is 4.56. The van der Waals surface area contributed by atoms with Gasteiger partial charge in [0.15, 0.2) is 0 Å². The van der Waals surface area contributed by atoms with Crippen molar-refractivity contribution in [3.8, 4) is 0 Å². The third-order valence-electron chi connectivity index (χ3n) is 0.455. The highest BCUT2D eigenvalue weighted by Gasteiger charge is 1.90. The molecular weight excluding hydrogens is 80.0 g/mol. The van der Waals surface area contributed by atoms with E-state index in [4.69, 9.17) is 5.73 Å². The molecule has 0 fully saturated rings. The van der Waals surface area contributed by atoms with E-state index in [1.807, 2.05) is 0 Å². The van der Waals surface area contributed by atoms with Crippen LogP contribution < -0.4 is 11.6 Å². The predicted octanol–water partition coefficient (Wildman–Crippen LogP) is -0.962. The molecular formula is C3H9N2O. The number of nitrogens with two attached hydrogens (primary N) is 2. The fraction of sp³-hybridized carbons (Fsp3) is 0.667. The Morgan fingerprint density at radius 3 is 2.33 bits per heavy atom. The topological polar surface area (TPSA) is 61.3 Å². The molecule has 0 saturated carbocycles. The van der Waals surface area contributed by atoms with Gasteiger partial charge in [0, 0.05) is 6.54 Å². The van der Waals surface area contributed by atoms with Crippen molar-refractivity contribution in [3.63, 3.8) is 0 Å². The van der Waals surface area contributed by atoms with Crippen LogP contribution in [0.25, 0.3) is 0 Å². The van der Waals surface area contributed by atoms with Gasteiger partial charge in [-0.3, -0.25) is 4.84 Å². The maximum absolute atomic E-state index is 5.02. The van der Waals surface area contributed by atoms with Gasteiger partial charge in [0.2, 0.25) is 0 Å². The van der Waals surface area contributed by atoms with Crippen molar-refractivity contribution in [1.82, 2.24) is 0 Å². The molecule has 0 heterocycles. The highest BCUT2D eigenvalue weighted by Crippen LogP contribution is 1.73. The van der Waals surface area contributed by atoms with E-state index >= 15 is 0 Å². The van der Waals surface area contributed by atoms with Crippen molar-refractivity contribution >= 4 is 0 Å². The lowest BCUT2D eigenvalue weighted by Gasteiger charge is -2.00. The molecule has 1 radical (unpaired) electrons. The summed E-state index contributed by atoms with van der Waals surface area (Å²) >= 11 is 0. The first-order valence-electron chi connectivity index (χ1n) is 1.70. The molecule has 0 aromatic rings. The monoisotopic (exact) mass is 89.1 g/mol. The summed E-state index contributed by atoms with van der Waals surface area (Å²) < 4.78 is 0. The van der Waals surface area contributed by atoms with E-state index in [-0.39, 0.29) is 6.10 Å². The van der Waals surface area contributed by atoms with Crippen LogP contribution >= 0.6 is 0 Å². The molecule has 0 saturated heterocycles. The van der Waals surface area contributed by atoms with Crippen LogP contribution in [0, 0.1) is 6.92 Å². The van der Waals surface area contributed by atoms with E-state index in [9.17, 15) is 0 Å². The summed E-state index contributed by atoms with van der Waals surface area (Å²) in [7, 11) is 0. The van der Waals surface area contributed by atoms with Gasteiger partial charge in [-0.15, -0.1) is 0 Å². The van der Waals surface area contributed by atoms with E-state index in [0.717, 1.165) is 0 Å². The lowest BCUT2D eigenvalue weighted by Crippen LogP contribution is -2.23. The molecule has 0 rings (SSSR count). The molecule has 4 N–H and O–H groups in total. The summed E-state index contributed by atoms with van der Waals surface area (Å²) in [6.07, 6.45) is -0.259. The van der Waals surface area contributed by atoms with Gasteiger partial charge in [-0.1, -0.05) is 0 Å². The molecule has 0 aromatic carbocycles. The summed E-state index contributed by atoms with van der Waals surface area (Å²) in [5, 5.41) is 0. The minimum atomic E-state index is -0.259. The third kappa shape index (κ3) is 2.14. The van der Waals surface area contributed by atoms with Crippen LogP contribution in [-0.2, 0) is 4.84 Å². The summed E-state index contributed by atoms with van der Waals surface area (Å²) in [5.74, 6) is 4.64. The molecule has 0 aromatic heterocycles. The standard InChI is InChI=1S/C3H9N2O/c1-3(2-4)6-5/h3H,1-2,4-5H2/t3-/m1/s1. The molecule has 37 valence electrons. The summed E-state index contributed by atoms with van der Waals surface area (Å²) in [5.41, 5.74) is 5.02. The maximum Gasteiger partial charge on any atom is 0.0910 e. The van der Waals surface area contributed by atoms with Crippen LogP contribution in [-0.4, -0.2) is 12.6 Å². The normalized spacial score (nSPS) is 14.5. The summed E-state index contributed by atoms with van der Waals surface area (Å²) in [4.78, 5) is 4.16. The maximum atomic E-state index is 5.02.